The summed E-state index contributed by atoms with van der Waals surface area (Å²) in [6.45, 7) is 4.56. The zero-order valence-electron chi connectivity index (χ0n) is 11.8. The Labute approximate surface area is 117 Å². The molecule has 8 heteroatoms. The largest absolute Gasteiger partial charge is 0.480 e. The van der Waals surface area contributed by atoms with Crippen molar-refractivity contribution in [2.75, 3.05) is 6.54 Å². The summed E-state index contributed by atoms with van der Waals surface area (Å²) in [4.78, 5) is 23.0. The number of hydrogen-bond donors (Lipinski definition) is 3. The van der Waals surface area contributed by atoms with Crippen LogP contribution < -0.4 is 10.6 Å². The van der Waals surface area contributed by atoms with Crippen molar-refractivity contribution in [1.29, 1.82) is 0 Å². The van der Waals surface area contributed by atoms with Gasteiger partial charge in [-0.1, -0.05) is 19.1 Å². The minimum Gasteiger partial charge on any atom is -0.480 e. The Morgan fingerprint density at radius 1 is 1.35 bits per heavy atom. The van der Waals surface area contributed by atoms with Crippen molar-refractivity contribution in [3.63, 3.8) is 0 Å². The molecule has 0 aliphatic heterocycles. The highest BCUT2D eigenvalue weighted by atomic mass is 16.4. The van der Waals surface area contributed by atoms with Crippen LogP contribution in [0.5, 0.6) is 0 Å². The van der Waals surface area contributed by atoms with Crippen molar-refractivity contribution in [3.05, 3.63) is 12.4 Å². The topological polar surface area (TPSA) is 109 Å². The molecule has 1 heterocycles. The molecule has 0 aromatic carbocycles. The number of carboxylic acid groups (broad SMARTS) is 1. The molecule has 0 aliphatic carbocycles. The van der Waals surface area contributed by atoms with Crippen LogP contribution in [0.2, 0.25) is 0 Å². The number of nitrogens with one attached hydrogen (secondary N) is 2. The molecule has 2 amide bonds. The number of aryl methyl sites for hydroxylation is 1. The van der Waals surface area contributed by atoms with Crippen LogP contribution in [0.4, 0.5) is 4.79 Å². The van der Waals surface area contributed by atoms with E-state index < -0.39 is 17.5 Å². The van der Waals surface area contributed by atoms with Crippen LogP contribution in [0.1, 0.15) is 33.1 Å². The van der Waals surface area contributed by atoms with Gasteiger partial charge in [0.05, 0.1) is 6.20 Å². The van der Waals surface area contributed by atoms with Gasteiger partial charge in [-0.15, -0.1) is 5.10 Å². The molecule has 0 bridgehead atoms. The smallest absolute Gasteiger partial charge is 0.329 e. The summed E-state index contributed by atoms with van der Waals surface area (Å²) in [6, 6.07) is -0.463. The lowest BCUT2D eigenvalue weighted by molar-refractivity contribution is -0.144. The van der Waals surface area contributed by atoms with E-state index in [1.165, 1.54) is 0 Å². The van der Waals surface area contributed by atoms with Gasteiger partial charge in [0.25, 0.3) is 0 Å². The Hall–Kier alpha value is -2.12. The second-order valence-electron chi connectivity index (χ2n) is 4.49. The molecule has 0 radical (unpaired) electrons. The fraction of sp³-hybridized carbons (Fsp3) is 0.667. The lowest BCUT2D eigenvalue weighted by Crippen LogP contribution is -2.56. The van der Waals surface area contributed by atoms with Gasteiger partial charge >= 0.3 is 12.0 Å². The van der Waals surface area contributed by atoms with Crippen LogP contribution in [-0.4, -0.2) is 44.2 Å². The third kappa shape index (κ3) is 4.22. The third-order valence-corrected chi connectivity index (χ3v) is 3.29. The van der Waals surface area contributed by atoms with E-state index in [0.29, 0.717) is 32.4 Å². The van der Waals surface area contributed by atoms with E-state index in [-0.39, 0.29) is 0 Å². The molecule has 0 aliphatic rings. The molecule has 3 N–H and O–H groups in total. The summed E-state index contributed by atoms with van der Waals surface area (Å²) in [7, 11) is 0. The van der Waals surface area contributed by atoms with Crippen LogP contribution in [0, 0.1) is 0 Å². The van der Waals surface area contributed by atoms with Crippen LogP contribution in [0.3, 0.4) is 0 Å². The molecule has 0 spiro atoms. The molecule has 0 saturated heterocycles. The van der Waals surface area contributed by atoms with Crippen LogP contribution in [0.15, 0.2) is 12.4 Å². The van der Waals surface area contributed by atoms with Crippen molar-refractivity contribution in [2.24, 2.45) is 0 Å². The molecule has 1 rings (SSSR count). The van der Waals surface area contributed by atoms with Crippen molar-refractivity contribution in [2.45, 2.75) is 45.2 Å². The predicted molar refractivity (Wildman–Crippen MR) is 72.1 cm³/mol. The standard InChI is InChI=1S/C12H21N5O3/c1-3-12(4-2,10(18)19)15-11(20)13-6-5-8-17-9-7-14-16-17/h7,9H,3-6,8H2,1-2H3,(H,18,19)(H2,13,15,20). The molecule has 0 unspecified atom stereocenters. The van der Waals surface area contributed by atoms with Gasteiger partial charge in [-0.25, -0.2) is 9.59 Å². The Bertz CT molecular complexity index is 428. The number of nitrogens with zero attached hydrogens (tertiary/aromatic N) is 3. The van der Waals surface area contributed by atoms with E-state index in [1.54, 1.807) is 30.9 Å². The highest BCUT2D eigenvalue weighted by Gasteiger charge is 2.36. The van der Waals surface area contributed by atoms with Crippen molar-refractivity contribution in [3.8, 4) is 0 Å². The molecule has 20 heavy (non-hydrogen) atoms. The van der Waals surface area contributed by atoms with Gasteiger partial charge in [0.1, 0.15) is 5.54 Å². The number of aliphatic carboxylic acids is 1. The summed E-state index contributed by atoms with van der Waals surface area (Å²) in [5, 5.41) is 21.9. The van der Waals surface area contributed by atoms with E-state index in [4.69, 9.17) is 0 Å². The van der Waals surface area contributed by atoms with Crippen molar-refractivity contribution < 1.29 is 14.7 Å². The summed E-state index contributed by atoms with van der Waals surface area (Å²) in [5.41, 5.74) is -1.20. The normalized spacial score (nSPS) is 11.1. The minimum atomic E-state index is -1.20. The maximum Gasteiger partial charge on any atom is 0.329 e. The third-order valence-electron chi connectivity index (χ3n) is 3.29. The van der Waals surface area contributed by atoms with Crippen molar-refractivity contribution in [1.82, 2.24) is 25.6 Å². The Balaban J connectivity index is 2.33. The first-order valence-corrected chi connectivity index (χ1v) is 6.67. The minimum absolute atomic E-state index is 0.339. The van der Waals surface area contributed by atoms with Crippen LogP contribution in [-0.2, 0) is 11.3 Å². The van der Waals surface area contributed by atoms with Crippen molar-refractivity contribution >= 4 is 12.0 Å². The molecule has 0 atom stereocenters. The molecular weight excluding hydrogens is 262 g/mol. The number of hydrogen-bond acceptors (Lipinski definition) is 4. The zero-order valence-corrected chi connectivity index (χ0v) is 11.8. The van der Waals surface area contributed by atoms with Gasteiger partial charge in [-0.05, 0) is 19.3 Å². The summed E-state index contributed by atoms with van der Waals surface area (Å²) in [5.74, 6) is -1.01. The highest BCUT2D eigenvalue weighted by molar-refractivity contribution is 5.86. The number of aromatic nitrogens is 3. The van der Waals surface area contributed by atoms with E-state index in [0.717, 1.165) is 0 Å². The van der Waals surface area contributed by atoms with Gasteiger partial charge in [-0.2, -0.15) is 0 Å². The number of carboxylic acids is 1. The lowest BCUT2D eigenvalue weighted by atomic mass is 9.93. The van der Waals surface area contributed by atoms with Gasteiger partial charge in [-0.3, -0.25) is 4.68 Å². The highest BCUT2D eigenvalue weighted by Crippen LogP contribution is 2.15. The first-order valence-electron chi connectivity index (χ1n) is 6.67. The number of amides is 2. The Morgan fingerprint density at radius 2 is 2.05 bits per heavy atom. The van der Waals surface area contributed by atoms with Gasteiger partial charge in [0, 0.05) is 19.3 Å². The van der Waals surface area contributed by atoms with Gasteiger partial charge < -0.3 is 15.7 Å². The second kappa shape index (κ2) is 7.46. The first kappa shape index (κ1) is 15.9. The van der Waals surface area contributed by atoms with E-state index in [1.807, 2.05) is 0 Å². The molecular formula is C12H21N5O3. The van der Waals surface area contributed by atoms with Crippen LogP contribution in [0.25, 0.3) is 0 Å². The Kier molecular flexibility index (Phi) is 5.95. The number of urea groups is 1. The van der Waals surface area contributed by atoms with Gasteiger partial charge in [0.15, 0.2) is 0 Å². The van der Waals surface area contributed by atoms with Crippen LogP contribution >= 0.6 is 0 Å². The molecule has 0 saturated carbocycles. The van der Waals surface area contributed by atoms with Gasteiger partial charge in [0.2, 0.25) is 0 Å². The first-order chi connectivity index (χ1) is 9.54. The van der Waals surface area contributed by atoms with E-state index in [9.17, 15) is 14.7 Å². The fourth-order valence-corrected chi connectivity index (χ4v) is 1.84. The quantitative estimate of drug-likeness (QED) is 0.606. The van der Waals surface area contributed by atoms with E-state index in [2.05, 4.69) is 20.9 Å². The maximum absolute atomic E-state index is 11.7. The molecule has 0 fully saturated rings. The fourth-order valence-electron chi connectivity index (χ4n) is 1.84. The monoisotopic (exact) mass is 283 g/mol. The summed E-state index contributed by atoms with van der Waals surface area (Å²) in [6.07, 6.45) is 4.69. The summed E-state index contributed by atoms with van der Waals surface area (Å²) < 4.78 is 1.67. The summed E-state index contributed by atoms with van der Waals surface area (Å²) >= 11 is 0. The lowest BCUT2D eigenvalue weighted by Gasteiger charge is -2.28. The predicted octanol–water partition coefficient (Wildman–Crippen LogP) is 0.611. The molecule has 112 valence electrons. The maximum atomic E-state index is 11.7. The van der Waals surface area contributed by atoms with E-state index >= 15 is 0 Å². The second-order valence-corrected chi connectivity index (χ2v) is 4.49. The number of rotatable bonds is 8. The number of carbonyl (C=O) groups is 2. The molecule has 8 nitrogen and oxygen atoms in total. The molecule has 1 aromatic heterocycles. The average molecular weight is 283 g/mol. The Morgan fingerprint density at radius 3 is 2.55 bits per heavy atom. The SMILES string of the molecule is CCC(CC)(NC(=O)NCCCn1ccnn1)C(=O)O. The number of carbonyl (C=O) groups excluding carboxylic acids is 1. The zero-order chi connectivity index (χ0) is 15.0. The molecule has 1 aromatic rings. The average Bonchev–Trinajstić information content (AvgIpc) is 2.94.